The van der Waals surface area contributed by atoms with Crippen molar-refractivity contribution in [3.8, 4) is 0 Å². The number of likely N-dealkylation sites (tertiary alicyclic amines) is 1. The Hall–Kier alpha value is -2.03. The largest absolute Gasteiger partial charge is 0.361 e. The van der Waals surface area contributed by atoms with Crippen LogP contribution in [0.2, 0.25) is 0 Å². The highest BCUT2D eigenvalue weighted by atomic mass is 32.1. The predicted molar refractivity (Wildman–Crippen MR) is 126 cm³/mol. The van der Waals surface area contributed by atoms with Gasteiger partial charge in [0.15, 0.2) is 0 Å². The highest BCUT2D eigenvalue weighted by Crippen LogP contribution is 2.26. The highest BCUT2D eigenvalue weighted by molar-refractivity contribution is 7.15. The maximum absolute atomic E-state index is 12.2. The molecular formula is C23H34N6OS. The summed E-state index contributed by atoms with van der Waals surface area (Å²) >= 11 is 1.68. The number of amides is 1. The Morgan fingerprint density at radius 2 is 1.97 bits per heavy atom. The van der Waals surface area contributed by atoms with Gasteiger partial charge in [-0.2, -0.15) is 0 Å². The first-order valence-corrected chi connectivity index (χ1v) is 12.3. The minimum Gasteiger partial charge on any atom is -0.361 e. The van der Waals surface area contributed by atoms with Gasteiger partial charge in [-0.3, -0.25) is 14.7 Å². The number of carbonyl (C=O) groups is 1. The fourth-order valence-corrected chi connectivity index (χ4v) is 5.47. The third-order valence-corrected chi connectivity index (χ3v) is 7.49. The molecule has 2 fully saturated rings. The molecule has 0 radical (unpaired) electrons. The maximum Gasteiger partial charge on any atom is 0.270 e. The van der Waals surface area contributed by atoms with Crippen molar-refractivity contribution >= 4 is 22.2 Å². The minimum absolute atomic E-state index is 0.161. The molecular weight excluding hydrogens is 408 g/mol. The number of hydrogen-bond donors (Lipinski definition) is 1. The number of carbonyl (C=O) groups excluding carboxylic acids is 1. The van der Waals surface area contributed by atoms with Crippen LogP contribution in [0, 0.1) is 0 Å². The smallest absolute Gasteiger partial charge is 0.270 e. The molecule has 0 aromatic carbocycles. The van der Waals surface area contributed by atoms with Gasteiger partial charge in [0.1, 0.15) is 15.7 Å². The number of nitrogens with one attached hydrogen (secondary N) is 1. The quantitative estimate of drug-likeness (QED) is 0.742. The summed E-state index contributed by atoms with van der Waals surface area (Å²) in [6.07, 6.45) is 7.36. The number of thiazole rings is 1. The summed E-state index contributed by atoms with van der Waals surface area (Å²) in [5, 5.41) is 5.06. The number of nitrogens with zero attached hydrogens (tertiary/aromatic N) is 5. The molecule has 2 aliphatic heterocycles. The second kappa shape index (κ2) is 10.5. The normalized spacial score (nSPS) is 19.5. The van der Waals surface area contributed by atoms with Crippen LogP contribution in [-0.2, 0) is 6.54 Å². The predicted octanol–water partition coefficient (Wildman–Crippen LogP) is 2.85. The molecule has 4 heterocycles. The van der Waals surface area contributed by atoms with Crippen LogP contribution < -0.4 is 10.2 Å². The molecule has 0 bridgehead atoms. The molecule has 8 heteroatoms. The van der Waals surface area contributed by atoms with Crippen molar-refractivity contribution in [3.63, 3.8) is 0 Å². The van der Waals surface area contributed by atoms with Crippen LogP contribution >= 0.6 is 11.3 Å². The Morgan fingerprint density at radius 3 is 2.71 bits per heavy atom. The van der Waals surface area contributed by atoms with E-state index in [1.807, 2.05) is 12.3 Å². The van der Waals surface area contributed by atoms with E-state index in [0.717, 1.165) is 30.7 Å². The summed E-state index contributed by atoms with van der Waals surface area (Å²) in [6, 6.07) is 6.74. The molecule has 2 aromatic rings. The molecule has 7 nitrogen and oxygen atoms in total. The average molecular weight is 443 g/mol. The average Bonchev–Trinajstić information content (AvgIpc) is 3.14. The lowest BCUT2D eigenvalue weighted by atomic mass is 10.0. The molecule has 1 N–H and O–H groups in total. The molecule has 168 valence electrons. The van der Waals surface area contributed by atoms with E-state index in [2.05, 4.69) is 43.8 Å². The van der Waals surface area contributed by atoms with Crippen LogP contribution in [0.5, 0.6) is 0 Å². The van der Waals surface area contributed by atoms with E-state index >= 15 is 0 Å². The SMILES string of the molecule is CC(C)N1CCC(N2CCCN(c3cnc(CNC(=O)c4ccccn4)s3)CC2)CC1. The topological polar surface area (TPSA) is 64.6 Å². The van der Waals surface area contributed by atoms with E-state index < -0.39 is 0 Å². The Balaban J connectivity index is 1.26. The molecule has 0 atom stereocenters. The number of pyridine rings is 1. The fourth-order valence-electron chi connectivity index (χ4n) is 4.56. The molecule has 2 aromatic heterocycles. The van der Waals surface area contributed by atoms with Gasteiger partial charge in [-0.15, -0.1) is 0 Å². The molecule has 0 unspecified atom stereocenters. The van der Waals surface area contributed by atoms with Crippen molar-refractivity contribution in [2.45, 2.75) is 51.7 Å². The first-order chi connectivity index (χ1) is 15.1. The maximum atomic E-state index is 12.2. The standard InChI is InChI=1S/C23H34N6OS/c1-18(2)27-12-7-19(8-13-27)28-10-5-11-29(15-14-28)22-17-25-21(31-22)16-26-23(30)20-6-3-4-9-24-20/h3-4,6,9,17-19H,5,7-8,10-16H2,1-2H3,(H,26,30). The van der Waals surface area contributed by atoms with Gasteiger partial charge >= 0.3 is 0 Å². The number of piperidine rings is 1. The van der Waals surface area contributed by atoms with Gasteiger partial charge in [-0.1, -0.05) is 17.4 Å². The van der Waals surface area contributed by atoms with E-state index in [1.165, 1.54) is 43.9 Å². The molecule has 2 saturated heterocycles. The van der Waals surface area contributed by atoms with E-state index in [9.17, 15) is 4.79 Å². The van der Waals surface area contributed by atoms with Gasteiger partial charge in [0, 0.05) is 44.5 Å². The summed E-state index contributed by atoms with van der Waals surface area (Å²) in [4.78, 5) is 28.6. The lowest BCUT2D eigenvalue weighted by molar-refractivity contribution is 0.0945. The lowest BCUT2D eigenvalue weighted by Gasteiger charge is -2.39. The molecule has 0 spiro atoms. The van der Waals surface area contributed by atoms with Gasteiger partial charge < -0.3 is 15.1 Å². The fraction of sp³-hybridized carbons (Fsp3) is 0.609. The number of hydrogen-bond acceptors (Lipinski definition) is 7. The molecule has 1 amide bonds. The van der Waals surface area contributed by atoms with Crippen LogP contribution in [0.25, 0.3) is 0 Å². The second-order valence-corrected chi connectivity index (χ2v) is 9.82. The first-order valence-electron chi connectivity index (χ1n) is 11.5. The molecule has 0 saturated carbocycles. The third kappa shape index (κ3) is 5.81. The van der Waals surface area contributed by atoms with Gasteiger partial charge in [0.05, 0.1) is 12.7 Å². The van der Waals surface area contributed by atoms with Gasteiger partial charge in [0.25, 0.3) is 5.91 Å². The molecule has 0 aliphatic carbocycles. The van der Waals surface area contributed by atoms with Crippen LogP contribution in [-0.4, -0.2) is 77.0 Å². The van der Waals surface area contributed by atoms with Crippen molar-refractivity contribution < 1.29 is 4.79 Å². The highest BCUT2D eigenvalue weighted by Gasteiger charge is 2.27. The monoisotopic (exact) mass is 442 g/mol. The Bertz CT molecular complexity index is 834. The number of anilines is 1. The summed E-state index contributed by atoms with van der Waals surface area (Å²) in [6.45, 7) is 11.9. The zero-order chi connectivity index (χ0) is 21.6. The van der Waals surface area contributed by atoms with Gasteiger partial charge in [0.2, 0.25) is 0 Å². The van der Waals surface area contributed by atoms with Crippen molar-refractivity contribution in [2.75, 3.05) is 44.2 Å². The summed E-state index contributed by atoms with van der Waals surface area (Å²) in [5.41, 5.74) is 0.436. The zero-order valence-electron chi connectivity index (χ0n) is 18.7. The number of rotatable bonds is 6. The van der Waals surface area contributed by atoms with Crippen molar-refractivity contribution in [3.05, 3.63) is 41.3 Å². The third-order valence-electron chi connectivity index (χ3n) is 6.43. The van der Waals surface area contributed by atoms with Gasteiger partial charge in [-0.05, 0) is 58.3 Å². The van der Waals surface area contributed by atoms with Crippen LogP contribution in [0.1, 0.15) is 48.6 Å². The van der Waals surface area contributed by atoms with E-state index in [1.54, 1.807) is 29.7 Å². The molecule has 31 heavy (non-hydrogen) atoms. The zero-order valence-corrected chi connectivity index (χ0v) is 19.5. The minimum atomic E-state index is -0.161. The van der Waals surface area contributed by atoms with Crippen LogP contribution in [0.4, 0.5) is 5.00 Å². The van der Waals surface area contributed by atoms with Crippen molar-refractivity contribution in [2.24, 2.45) is 0 Å². The van der Waals surface area contributed by atoms with Crippen LogP contribution in [0.15, 0.2) is 30.6 Å². The number of aromatic nitrogens is 2. The first kappa shape index (κ1) is 22.2. The second-order valence-electron chi connectivity index (χ2n) is 8.73. The Labute approximate surface area is 189 Å². The van der Waals surface area contributed by atoms with Gasteiger partial charge in [-0.25, -0.2) is 4.98 Å². The van der Waals surface area contributed by atoms with Crippen molar-refractivity contribution in [1.82, 2.24) is 25.1 Å². The molecule has 4 rings (SSSR count). The molecule has 2 aliphatic rings. The summed E-state index contributed by atoms with van der Waals surface area (Å²) in [7, 11) is 0. The summed E-state index contributed by atoms with van der Waals surface area (Å²) in [5.74, 6) is -0.161. The van der Waals surface area contributed by atoms with E-state index in [-0.39, 0.29) is 5.91 Å². The van der Waals surface area contributed by atoms with E-state index in [4.69, 9.17) is 0 Å². The Kier molecular flexibility index (Phi) is 7.53. The summed E-state index contributed by atoms with van der Waals surface area (Å²) < 4.78 is 0. The van der Waals surface area contributed by atoms with E-state index in [0.29, 0.717) is 18.3 Å². The Morgan fingerprint density at radius 1 is 1.13 bits per heavy atom. The lowest BCUT2D eigenvalue weighted by Crippen LogP contribution is -2.47. The van der Waals surface area contributed by atoms with Crippen molar-refractivity contribution in [1.29, 1.82) is 0 Å². The van der Waals surface area contributed by atoms with Crippen LogP contribution in [0.3, 0.4) is 0 Å².